The van der Waals surface area contributed by atoms with Crippen molar-refractivity contribution in [3.05, 3.63) is 53.6 Å². The first-order chi connectivity index (χ1) is 13.1. The van der Waals surface area contributed by atoms with Crippen molar-refractivity contribution < 1.29 is 19.0 Å². The van der Waals surface area contributed by atoms with Crippen LogP contribution in [0.2, 0.25) is 0 Å². The fourth-order valence-electron chi connectivity index (χ4n) is 2.63. The third kappa shape index (κ3) is 5.91. The highest BCUT2D eigenvalue weighted by atomic mass is 32.2. The van der Waals surface area contributed by atoms with Crippen LogP contribution in [0.5, 0.6) is 11.5 Å². The van der Waals surface area contributed by atoms with Gasteiger partial charge < -0.3 is 19.5 Å². The SMILES string of the molecule is CC(C)OCc1ccccc1CNC(=O)CSc1ccc2c(c1)OCCO2. The molecule has 0 saturated carbocycles. The van der Waals surface area contributed by atoms with Crippen molar-refractivity contribution >= 4 is 17.7 Å². The summed E-state index contributed by atoms with van der Waals surface area (Å²) in [6, 6.07) is 13.8. The zero-order valence-corrected chi connectivity index (χ0v) is 16.5. The minimum Gasteiger partial charge on any atom is -0.486 e. The maximum atomic E-state index is 12.2. The van der Waals surface area contributed by atoms with Crippen LogP contribution in [0, 0.1) is 0 Å². The molecular weight excluding hydrogens is 362 g/mol. The molecule has 2 aromatic carbocycles. The van der Waals surface area contributed by atoms with Crippen LogP contribution in [0.4, 0.5) is 0 Å². The van der Waals surface area contributed by atoms with E-state index in [1.165, 1.54) is 11.8 Å². The van der Waals surface area contributed by atoms with Crippen LogP contribution in [-0.2, 0) is 22.7 Å². The minimum absolute atomic E-state index is 0.00512. The Hall–Kier alpha value is -2.18. The van der Waals surface area contributed by atoms with Gasteiger partial charge in [-0.15, -0.1) is 11.8 Å². The van der Waals surface area contributed by atoms with Gasteiger partial charge in [0.1, 0.15) is 13.2 Å². The monoisotopic (exact) mass is 387 g/mol. The molecule has 0 unspecified atom stereocenters. The molecule has 0 bridgehead atoms. The van der Waals surface area contributed by atoms with Crippen LogP contribution in [-0.4, -0.2) is 31.0 Å². The number of rotatable bonds is 8. The number of fused-ring (bicyclic) bond motifs is 1. The fraction of sp³-hybridized carbons (Fsp3) is 0.381. The van der Waals surface area contributed by atoms with E-state index in [1.54, 1.807) is 0 Å². The Bertz CT molecular complexity index is 779. The summed E-state index contributed by atoms with van der Waals surface area (Å²) in [4.78, 5) is 13.2. The molecule has 1 N–H and O–H groups in total. The van der Waals surface area contributed by atoms with Gasteiger partial charge in [0.25, 0.3) is 0 Å². The third-order valence-corrected chi connectivity index (χ3v) is 5.04. The van der Waals surface area contributed by atoms with Crippen LogP contribution in [0.15, 0.2) is 47.4 Å². The Morgan fingerprint density at radius 2 is 1.85 bits per heavy atom. The molecule has 0 saturated heterocycles. The molecule has 144 valence electrons. The third-order valence-electron chi connectivity index (χ3n) is 4.05. The average molecular weight is 388 g/mol. The number of amides is 1. The van der Waals surface area contributed by atoms with Crippen molar-refractivity contribution in [3.8, 4) is 11.5 Å². The van der Waals surface area contributed by atoms with Crippen molar-refractivity contribution in [2.24, 2.45) is 0 Å². The number of benzene rings is 2. The molecule has 27 heavy (non-hydrogen) atoms. The lowest BCUT2D eigenvalue weighted by molar-refractivity contribution is -0.118. The zero-order valence-electron chi connectivity index (χ0n) is 15.7. The molecule has 1 heterocycles. The van der Waals surface area contributed by atoms with E-state index in [-0.39, 0.29) is 12.0 Å². The van der Waals surface area contributed by atoms with E-state index in [0.29, 0.717) is 32.1 Å². The van der Waals surface area contributed by atoms with Crippen LogP contribution in [0.1, 0.15) is 25.0 Å². The molecule has 0 radical (unpaired) electrons. The largest absolute Gasteiger partial charge is 0.486 e. The zero-order chi connectivity index (χ0) is 19.1. The Labute approximate surface area is 164 Å². The Morgan fingerprint density at radius 1 is 1.11 bits per heavy atom. The first kappa shape index (κ1) is 19.6. The number of nitrogens with one attached hydrogen (secondary N) is 1. The lowest BCUT2D eigenvalue weighted by atomic mass is 10.1. The normalized spacial score (nSPS) is 12.9. The second-order valence-electron chi connectivity index (χ2n) is 6.50. The molecule has 1 aliphatic heterocycles. The summed E-state index contributed by atoms with van der Waals surface area (Å²) in [5, 5.41) is 2.99. The second-order valence-corrected chi connectivity index (χ2v) is 7.55. The van der Waals surface area contributed by atoms with E-state index >= 15 is 0 Å². The van der Waals surface area contributed by atoms with Crippen LogP contribution in [0.3, 0.4) is 0 Å². The molecule has 1 aliphatic rings. The average Bonchev–Trinajstić information content (AvgIpc) is 2.69. The lowest BCUT2D eigenvalue weighted by Crippen LogP contribution is -2.25. The van der Waals surface area contributed by atoms with Crippen molar-refractivity contribution in [1.82, 2.24) is 5.32 Å². The molecule has 1 amide bonds. The van der Waals surface area contributed by atoms with Gasteiger partial charge >= 0.3 is 0 Å². The summed E-state index contributed by atoms with van der Waals surface area (Å²) in [5.41, 5.74) is 2.18. The summed E-state index contributed by atoms with van der Waals surface area (Å²) >= 11 is 1.48. The maximum absolute atomic E-state index is 12.2. The summed E-state index contributed by atoms with van der Waals surface area (Å²) in [5.74, 6) is 1.85. The molecule has 3 rings (SSSR count). The van der Waals surface area contributed by atoms with Crippen LogP contribution >= 0.6 is 11.8 Å². The number of hydrogen-bond donors (Lipinski definition) is 1. The maximum Gasteiger partial charge on any atom is 0.230 e. The van der Waals surface area contributed by atoms with Crippen molar-refractivity contribution in [1.29, 1.82) is 0 Å². The van der Waals surface area contributed by atoms with E-state index in [2.05, 4.69) is 5.32 Å². The molecule has 0 spiro atoms. The van der Waals surface area contributed by atoms with Gasteiger partial charge in [-0.05, 0) is 43.2 Å². The minimum atomic E-state index is -0.00512. The van der Waals surface area contributed by atoms with E-state index in [9.17, 15) is 4.79 Å². The molecule has 0 atom stereocenters. The quantitative estimate of drug-likeness (QED) is 0.699. The fourth-order valence-corrected chi connectivity index (χ4v) is 3.39. The predicted molar refractivity (Wildman–Crippen MR) is 106 cm³/mol. The van der Waals surface area contributed by atoms with Gasteiger partial charge in [0.2, 0.25) is 5.91 Å². The summed E-state index contributed by atoms with van der Waals surface area (Å²) < 4.78 is 16.8. The summed E-state index contributed by atoms with van der Waals surface area (Å²) in [6.07, 6.45) is 0.176. The van der Waals surface area contributed by atoms with E-state index < -0.39 is 0 Å². The second kappa shape index (κ2) is 9.67. The van der Waals surface area contributed by atoms with Gasteiger partial charge in [0.05, 0.1) is 18.5 Å². The van der Waals surface area contributed by atoms with Crippen molar-refractivity contribution in [2.45, 2.75) is 38.0 Å². The topological polar surface area (TPSA) is 56.8 Å². The standard InChI is InChI=1S/C21H25NO4S/c1-15(2)26-13-17-6-4-3-5-16(17)12-22-21(23)14-27-18-7-8-19-20(11-18)25-10-9-24-19/h3-8,11,15H,9-10,12-14H2,1-2H3,(H,22,23). The molecule has 0 aliphatic carbocycles. The van der Waals surface area contributed by atoms with Crippen LogP contribution in [0.25, 0.3) is 0 Å². The van der Waals surface area contributed by atoms with Gasteiger partial charge in [0.15, 0.2) is 11.5 Å². The Kier molecular flexibility index (Phi) is 7.01. The highest BCUT2D eigenvalue weighted by molar-refractivity contribution is 8.00. The van der Waals surface area contributed by atoms with Crippen LogP contribution < -0.4 is 14.8 Å². The van der Waals surface area contributed by atoms with Gasteiger partial charge in [0, 0.05) is 11.4 Å². The number of carbonyl (C=O) groups is 1. The summed E-state index contributed by atoms with van der Waals surface area (Å²) in [7, 11) is 0. The molecule has 0 aromatic heterocycles. The Balaban J connectivity index is 1.49. The number of thioether (sulfide) groups is 1. The van der Waals surface area contributed by atoms with Gasteiger partial charge in [-0.3, -0.25) is 4.79 Å². The number of hydrogen-bond acceptors (Lipinski definition) is 5. The lowest BCUT2D eigenvalue weighted by Gasteiger charge is -2.18. The Morgan fingerprint density at radius 3 is 2.63 bits per heavy atom. The number of carbonyl (C=O) groups excluding carboxylic acids is 1. The van der Waals surface area contributed by atoms with Gasteiger partial charge in [-0.1, -0.05) is 24.3 Å². The van der Waals surface area contributed by atoms with E-state index in [1.807, 2.05) is 56.3 Å². The van der Waals surface area contributed by atoms with Crippen molar-refractivity contribution in [2.75, 3.05) is 19.0 Å². The first-order valence-corrected chi connectivity index (χ1v) is 10.1. The first-order valence-electron chi connectivity index (χ1n) is 9.09. The molecule has 0 fully saturated rings. The molecular formula is C21H25NO4S. The molecule has 2 aromatic rings. The highest BCUT2D eigenvalue weighted by Crippen LogP contribution is 2.34. The van der Waals surface area contributed by atoms with Crippen molar-refractivity contribution in [3.63, 3.8) is 0 Å². The van der Waals surface area contributed by atoms with Gasteiger partial charge in [-0.2, -0.15) is 0 Å². The summed E-state index contributed by atoms with van der Waals surface area (Å²) in [6.45, 7) is 6.21. The molecule has 6 heteroatoms. The molecule has 5 nitrogen and oxygen atoms in total. The van der Waals surface area contributed by atoms with E-state index in [4.69, 9.17) is 14.2 Å². The van der Waals surface area contributed by atoms with Gasteiger partial charge in [-0.25, -0.2) is 0 Å². The number of ether oxygens (including phenoxy) is 3. The van der Waals surface area contributed by atoms with E-state index in [0.717, 1.165) is 27.5 Å². The predicted octanol–water partition coefficient (Wildman–Crippen LogP) is 3.79. The smallest absolute Gasteiger partial charge is 0.230 e. The highest BCUT2D eigenvalue weighted by Gasteiger charge is 2.13.